The van der Waals surface area contributed by atoms with Gasteiger partial charge in [-0.1, -0.05) is 42.5 Å². The van der Waals surface area contributed by atoms with Gasteiger partial charge in [-0.2, -0.15) is 13.2 Å². The van der Waals surface area contributed by atoms with Crippen molar-refractivity contribution >= 4 is 5.91 Å². The van der Waals surface area contributed by atoms with Crippen LogP contribution in [0.25, 0.3) is 0 Å². The quantitative estimate of drug-likeness (QED) is 0.866. The van der Waals surface area contributed by atoms with Gasteiger partial charge in [-0.3, -0.25) is 9.69 Å². The van der Waals surface area contributed by atoms with E-state index in [2.05, 4.69) is 10.2 Å². The Morgan fingerprint density at radius 1 is 1.00 bits per heavy atom. The fourth-order valence-electron chi connectivity index (χ4n) is 3.26. The molecule has 138 valence electrons. The minimum atomic E-state index is -4.35. The molecule has 1 N–H and O–H groups in total. The number of hydrogen-bond donors (Lipinski definition) is 1. The van der Waals surface area contributed by atoms with Crippen molar-refractivity contribution in [2.45, 2.75) is 31.6 Å². The Hall–Kier alpha value is -2.34. The van der Waals surface area contributed by atoms with E-state index in [0.29, 0.717) is 5.56 Å². The molecule has 26 heavy (non-hydrogen) atoms. The van der Waals surface area contributed by atoms with Gasteiger partial charge in [0.15, 0.2) is 0 Å². The number of likely N-dealkylation sites (tertiary alicyclic amines) is 1. The maximum Gasteiger partial charge on any atom is 0.416 e. The molecule has 1 atom stereocenters. The summed E-state index contributed by atoms with van der Waals surface area (Å²) in [5.41, 5.74) is 0.880. The highest BCUT2D eigenvalue weighted by Crippen LogP contribution is 2.29. The molecule has 1 amide bonds. The molecule has 0 spiro atoms. The van der Waals surface area contributed by atoms with Crippen molar-refractivity contribution in [1.82, 2.24) is 10.2 Å². The van der Waals surface area contributed by atoms with Crippen LogP contribution in [0.3, 0.4) is 0 Å². The number of carbonyl (C=O) groups is 1. The number of hydrogen-bond acceptors (Lipinski definition) is 2. The molecule has 0 saturated carbocycles. The van der Waals surface area contributed by atoms with E-state index >= 15 is 0 Å². The van der Waals surface area contributed by atoms with E-state index in [4.69, 9.17) is 0 Å². The maximum absolute atomic E-state index is 12.8. The minimum absolute atomic E-state index is 0.127. The molecule has 0 aliphatic carbocycles. The lowest BCUT2D eigenvalue weighted by Gasteiger charge is -2.27. The van der Waals surface area contributed by atoms with Gasteiger partial charge in [-0.25, -0.2) is 0 Å². The molecular formula is C20H21F3N2O. The molecule has 0 aromatic heterocycles. The molecule has 6 heteroatoms. The van der Waals surface area contributed by atoms with Gasteiger partial charge in [0.05, 0.1) is 5.56 Å². The van der Waals surface area contributed by atoms with Gasteiger partial charge in [0, 0.05) is 6.54 Å². The molecule has 2 aromatic carbocycles. The molecule has 1 unspecified atom stereocenters. The first-order valence-electron chi connectivity index (χ1n) is 8.68. The van der Waals surface area contributed by atoms with E-state index in [-0.39, 0.29) is 18.5 Å². The van der Waals surface area contributed by atoms with Gasteiger partial charge in [-0.05, 0) is 49.2 Å². The zero-order valence-electron chi connectivity index (χ0n) is 14.3. The third-order valence-electron chi connectivity index (χ3n) is 4.62. The Kier molecular flexibility index (Phi) is 5.61. The predicted octanol–water partition coefficient (Wildman–Crippen LogP) is 4.16. The van der Waals surface area contributed by atoms with Crippen LogP contribution >= 0.6 is 0 Å². The highest BCUT2D eigenvalue weighted by molar-refractivity contribution is 5.83. The predicted molar refractivity (Wildman–Crippen MR) is 93.3 cm³/mol. The molecule has 1 aliphatic rings. The van der Waals surface area contributed by atoms with Crippen molar-refractivity contribution in [2.75, 3.05) is 13.1 Å². The van der Waals surface area contributed by atoms with Crippen LogP contribution < -0.4 is 5.32 Å². The Morgan fingerprint density at radius 2 is 1.62 bits per heavy atom. The van der Waals surface area contributed by atoms with E-state index in [9.17, 15) is 18.0 Å². The average Bonchev–Trinajstić information content (AvgIpc) is 3.15. The zero-order chi connectivity index (χ0) is 18.6. The second-order valence-corrected chi connectivity index (χ2v) is 6.47. The summed E-state index contributed by atoms with van der Waals surface area (Å²) in [5.74, 6) is -0.127. The summed E-state index contributed by atoms with van der Waals surface area (Å²) in [7, 11) is 0. The third kappa shape index (κ3) is 4.43. The Bertz CT molecular complexity index is 723. The first-order valence-corrected chi connectivity index (χ1v) is 8.68. The van der Waals surface area contributed by atoms with E-state index in [0.717, 1.165) is 43.6 Å². The summed E-state index contributed by atoms with van der Waals surface area (Å²) >= 11 is 0. The van der Waals surface area contributed by atoms with Crippen molar-refractivity contribution in [2.24, 2.45) is 0 Å². The van der Waals surface area contributed by atoms with Gasteiger partial charge < -0.3 is 5.32 Å². The molecule has 3 nitrogen and oxygen atoms in total. The summed E-state index contributed by atoms with van der Waals surface area (Å²) < 4.78 is 37.9. The fraction of sp³-hybridized carbons (Fsp3) is 0.350. The van der Waals surface area contributed by atoms with Crippen molar-refractivity contribution < 1.29 is 18.0 Å². The van der Waals surface area contributed by atoms with Gasteiger partial charge >= 0.3 is 6.18 Å². The maximum atomic E-state index is 12.8. The lowest BCUT2D eigenvalue weighted by Crippen LogP contribution is -2.39. The van der Waals surface area contributed by atoms with E-state index in [1.54, 1.807) is 0 Å². The molecule has 1 saturated heterocycles. The summed E-state index contributed by atoms with van der Waals surface area (Å²) in [6.07, 6.45) is -2.22. The molecule has 3 rings (SSSR count). The molecule has 0 radical (unpaired) electrons. The zero-order valence-corrected chi connectivity index (χ0v) is 14.3. The number of alkyl halides is 3. The van der Waals surface area contributed by atoms with Gasteiger partial charge in [0.25, 0.3) is 0 Å². The van der Waals surface area contributed by atoms with Crippen LogP contribution in [0.5, 0.6) is 0 Å². The summed E-state index contributed by atoms with van der Waals surface area (Å²) in [4.78, 5) is 14.9. The van der Waals surface area contributed by atoms with Crippen molar-refractivity contribution in [1.29, 1.82) is 0 Å². The second kappa shape index (κ2) is 7.91. The molecule has 2 aromatic rings. The Morgan fingerprint density at radius 3 is 2.19 bits per heavy atom. The normalized spacial score (nSPS) is 16.4. The third-order valence-corrected chi connectivity index (χ3v) is 4.62. The van der Waals surface area contributed by atoms with Crippen LogP contribution in [-0.2, 0) is 17.5 Å². The van der Waals surface area contributed by atoms with E-state index in [1.165, 1.54) is 12.1 Å². The number of halogens is 3. The Balaban J connectivity index is 1.68. The molecule has 1 fully saturated rings. The smallest absolute Gasteiger partial charge is 0.350 e. The van der Waals surface area contributed by atoms with Crippen LogP contribution in [-0.4, -0.2) is 23.9 Å². The lowest BCUT2D eigenvalue weighted by molar-refractivity contribution is -0.137. The van der Waals surface area contributed by atoms with Crippen LogP contribution in [0.1, 0.15) is 35.6 Å². The lowest BCUT2D eigenvalue weighted by atomic mass is 10.0. The van der Waals surface area contributed by atoms with Crippen LogP contribution in [0.4, 0.5) is 13.2 Å². The summed E-state index contributed by atoms with van der Waals surface area (Å²) in [6.45, 7) is 1.94. The highest BCUT2D eigenvalue weighted by atomic mass is 19.4. The SMILES string of the molecule is O=C(NCc1ccc(C(F)(F)F)cc1)C(c1ccccc1)N1CCCC1. The van der Waals surface area contributed by atoms with Crippen molar-refractivity contribution in [3.8, 4) is 0 Å². The van der Waals surface area contributed by atoms with Crippen molar-refractivity contribution in [3.05, 3.63) is 71.3 Å². The van der Waals surface area contributed by atoms with E-state index in [1.807, 2.05) is 30.3 Å². The average molecular weight is 362 g/mol. The van der Waals surface area contributed by atoms with E-state index < -0.39 is 11.7 Å². The number of carbonyl (C=O) groups excluding carboxylic acids is 1. The first-order chi connectivity index (χ1) is 12.4. The highest BCUT2D eigenvalue weighted by Gasteiger charge is 2.31. The number of rotatable bonds is 5. The standard InChI is InChI=1S/C20H21F3N2O/c21-20(22,23)17-10-8-15(9-11-17)14-24-19(26)18(25-12-4-5-13-25)16-6-2-1-3-7-16/h1-3,6-11,18H,4-5,12-14H2,(H,24,26). The largest absolute Gasteiger partial charge is 0.416 e. The monoisotopic (exact) mass is 362 g/mol. The number of amides is 1. The number of nitrogens with zero attached hydrogens (tertiary/aromatic N) is 1. The molecular weight excluding hydrogens is 341 g/mol. The van der Waals surface area contributed by atoms with Gasteiger partial charge in [0.2, 0.25) is 5.91 Å². The van der Waals surface area contributed by atoms with Crippen LogP contribution in [0.15, 0.2) is 54.6 Å². The first kappa shape index (κ1) is 18.5. The van der Waals surface area contributed by atoms with Gasteiger partial charge in [-0.15, -0.1) is 0 Å². The topological polar surface area (TPSA) is 32.3 Å². The summed E-state index contributed by atoms with van der Waals surface area (Å²) in [5, 5.41) is 2.87. The summed E-state index contributed by atoms with van der Waals surface area (Å²) in [6, 6.07) is 14.1. The minimum Gasteiger partial charge on any atom is -0.350 e. The van der Waals surface area contributed by atoms with Crippen LogP contribution in [0, 0.1) is 0 Å². The Labute approximate surface area is 150 Å². The number of nitrogens with one attached hydrogen (secondary N) is 1. The number of benzene rings is 2. The molecule has 1 heterocycles. The fourth-order valence-corrected chi connectivity index (χ4v) is 3.26. The molecule has 1 aliphatic heterocycles. The second-order valence-electron chi connectivity index (χ2n) is 6.47. The van der Waals surface area contributed by atoms with Crippen LogP contribution in [0.2, 0.25) is 0 Å². The van der Waals surface area contributed by atoms with Gasteiger partial charge in [0.1, 0.15) is 6.04 Å². The van der Waals surface area contributed by atoms with Crippen molar-refractivity contribution in [3.63, 3.8) is 0 Å². The molecule has 0 bridgehead atoms.